The van der Waals surface area contributed by atoms with E-state index in [4.69, 9.17) is 0 Å². The molecule has 1 saturated carbocycles. The first kappa shape index (κ1) is 18.8. The van der Waals surface area contributed by atoms with Gasteiger partial charge in [0.25, 0.3) is 5.91 Å². The molecule has 6 rings (SSSR count). The van der Waals surface area contributed by atoms with E-state index in [-0.39, 0.29) is 24.1 Å². The zero-order valence-electron chi connectivity index (χ0n) is 16.6. The zero-order chi connectivity index (χ0) is 20.0. The number of carbonyl (C=O) groups excluding carboxylic acids is 3. The van der Waals surface area contributed by atoms with Crippen molar-refractivity contribution in [2.24, 2.45) is 5.41 Å². The van der Waals surface area contributed by atoms with Crippen molar-refractivity contribution in [1.29, 1.82) is 0 Å². The summed E-state index contributed by atoms with van der Waals surface area (Å²) in [4.78, 5) is 38.5. The number of hydrogen-bond donors (Lipinski definition) is 3. The van der Waals surface area contributed by atoms with Gasteiger partial charge in [0, 0.05) is 44.2 Å². The fraction of sp³-hybridized carbons (Fsp3) is 0.591. The minimum atomic E-state index is -0.559. The van der Waals surface area contributed by atoms with E-state index in [1.807, 2.05) is 18.2 Å². The normalized spacial score (nSPS) is 31.2. The van der Waals surface area contributed by atoms with Crippen molar-refractivity contribution in [3.05, 3.63) is 34.9 Å². The highest BCUT2D eigenvalue weighted by atomic mass is 16.2. The Balaban J connectivity index is 1.27. The Morgan fingerprint density at radius 1 is 1.14 bits per heavy atom. The van der Waals surface area contributed by atoms with E-state index in [1.54, 1.807) is 4.90 Å². The Morgan fingerprint density at radius 2 is 1.97 bits per heavy atom. The van der Waals surface area contributed by atoms with E-state index in [0.29, 0.717) is 31.0 Å². The summed E-state index contributed by atoms with van der Waals surface area (Å²) in [5, 5.41) is 9.62. The minimum absolute atomic E-state index is 0.0927. The van der Waals surface area contributed by atoms with Gasteiger partial charge in [-0.3, -0.25) is 19.7 Å². The highest BCUT2D eigenvalue weighted by Gasteiger charge is 2.41. The van der Waals surface area contributed by atoms with Gasteiger partial charge in [0.1, 0.15) is 6.04 Å². The molecule has 7 heteroatoms. The van der Waals surface area contributed by atoms with E-state index >= 15 is 0 Å². The van der Waals surface area contributed by atoms with Gasteiger partial charge in [0.15, 0.2) is 0 Å². The molecule has 4 fully saturated rings. The van der Waals surface area contributed by atoms with Crippen LogP contribution in [0.2, 0.25) is 0 Å². The van der Waals surface area contributed by atoms with Crippen molar-refractivity contribution in [3.8, 4) is 0 Å². The molecule has 4 aliphatic heterocycles. The van der Waals surface area contributed by atoms with Gasteiger partial charge in [0.05, 0.1) is 0 Å². The molecule has 5 aliphatic rings. The number of imide groups is 1. The molecule has 1 unspecified atom stereocenters. The third-order valence-electron chi connectivity index (χ3n) is 7.27. The number of piperidine rings is 3. The van der Waals surface area contributed by atoms with E-state index < -0.39 is 6.04 Å². The van der Waals surface area contributed by atoms with Gasteiger partial charge >= 0.3 is 0 Å². The summed E-state index contributed by atoms with van der Waals surface area (Å²) in [6.07, 6.45) is 5.75. The van der Waals surface area contributed by atoms with Crippen molar-refractivity contribution in [2.45, 2.75) is 63.7 Å². The lowest BCUT2D eigenvalue weighted by Crippen LogP contribution is -2.55. The summed E-state index contributed by atoms with van der Waals surface area (Å²) in [5.41, 5.74) is 3.04. The zero-order valence-corrected chi connectivity index (χ0v) is 16.6. The number of nitrogens with one attached hydrogen (secondary N) is 3. The second kappa shape index (κ2) is 7.22. The lowest BCUT2D eigenvalue weighted by molar-refractivity contribution is -0.136. The standard InChI is InChI=1S/C22H28N4O3/c27-18-5-4-17(20(28)25-18)26-11-15-3-1-2-14(19(15)21(26)29)10-23-12-22-8-6-16(7-9-22)24-13-22/h1-3,16-17,23-24H,4-13H2,(H,25,27,28). The van der Waals surface area contributed by atoms with Crippen molar-refractivity contribution >= 4 is 17.7 Å². The summed E-state index contributed by atoms with van der Waals surface area (Å²) in [5.74, 6) is -0.711. The highest BCUT2D eigenvalue weighted by molar-refractivity contribution is 6.05. The Labute approximate surface area is 170 Å². The fourth-order valence-electron chi connectivity index (χ4n) is 5.51. The van der Waals surface area contributed by atoms with Crippen LogP contribution in [0.15, 0.2) is 18.2 Å². The Morgan fingerprint density at radius 3 is 2.69 bits per heavy atom. The van der Waals surface area contributed by atoms with Crippen LogP contribution in [-0.2, 0) is 22.7 Å². The van der Waals surface area contributed by atoms with E-state index in [0.717, 1.165) is 29.8 Å². The van der Waals surface area contributed by atoms with Crippen molar-refractivity contribution < 1.29 is 14.4 Å². The Bertz CT molecular complexity index is 846. The molecule has 0 spiro atoms. The van der Waals surface area contributed by atoms with E-state index in [1.165, 1.54) is 25.7 Å². The second-order valence-electron chi connectivity index (χ2n) is 9.11. The van der Waals surface area contributed by atoms with Crippen LogP contribution < -0.4 is 16.0 Å². The van der Waals surface area contributed by atoms with Crippen LogP contribution in [0.1, 0.15) is 60.0 Å². The molecule has 154 valence electrons. The van der Waals surface area contributed by atoms with E-state index in [2.05, 4.69) is 16.0 Å². The molecule has 1 atom stereocenters. The SMILES string of the molecule is O=C1CCC(N2Cc3cccc(CNCC45CCC(CC4)NC5)c3C2=O)C(=O)N1. The van der Waals surface area contributed by atoms with Crippen molar-refractivity contribution in [3.63, 3.8) is 0 Å². The summed E-state index contributed by atoms with van der Waals surface area (Å²) < 4.78 is 0. The van der Waals surface area contributed by atoms with Crippen molar-refractivity contribution in [1.82, 2.24) is 20.9 Å². The maximum atomic E-state index is 13.2. The molecule has 0 aromatic heterocycles. The lowest BCUT2D eigenvalue weighted by atomic mass is 9.68. The highest BCUT2D eigenvalue weighted by Crippen LogP contribution is 2.39. The van der Waals surface area contributed by atoms with Gasteiger partial charge < -0.3 is 15.5 Å². The smallest absolute Gasteiger partial charge is 0.255 e. The first-order valence-electron chi connectivity index (χ1n) is 10.7. The molecule has 2 bridgehead atoms. The lowest BCUT2D eigenvalue weighted by Gasteiger charge is -2.47. The van der Waals surface area contributed by atoms with Crippen LogP contribution in [0.5, 0.6) is 0 Å². The summed E-state index contributed by atoms with van der Waals surface area (Å²) in [7, 11) is 0. The third kappa shape index (κ3) is 3.36. The summed E-state index contributed by atoms with van der Waals surface area (Å²) >= 11 is 0. The molecule has 0 radical (unpaired) electrons. The monoisotopic (exact) mass is 396 g/mol. The first-order valence-corrected chi connectivity index (χ1v) is 10.7. The summed E-state index contributed by atoms with van der Waals surface area (Å²) in [6, 6.07) is 6.11. The third-order valence-corrected chi connectivity index (χ3v) is 7.27. The topological polar surface area (TPSA) is 90.5 Å². The van der Waals surface area contributed by atoms with Crippen LogP contribution in [0, 0.1) is 5.41 Å². The second-order valence-corrected chi connectivity index (χ2v) is 9.11. The van der Waals surface area contributed by atoms with Crippen molar-refractivity contribution in [2.75, 3.05) is 13.1 Å². The number of carbonyl (C=O) groups is 3. The fourth-order valence-corrected chi connectivity index (χ4v) is 5.51. The number of fused-ring (bicyclic) bond motifs is 4. The predicted octanol–water partition coefficient (Wildman–Crippen LogP) is 1.07. The Kier molecular flexibility index (Phi) is 4.67. The molecule has 3 N–H and O–H groups in total. The minimum Gasteiger partial charge on any atom is -0.322 e. The maximum absolute atomic E-state index is 13.2. The summed E-state index contributed by atoms with van der Waals surface area (Å²) in [6.45, 7) is 3.13. The molecule has 1 aromatic carbocycles. The molecule has 1 aliphatic carbocycles. The largest absolute Gasteiger partial charge is 0.322 e. The van der Waals surface area contributed by atoms with Crippen LogP contribution >= 0.6 is 0 Å². The molecule has 1 aromatic rings. The number of amides is 3. The maximum Gasteiger partial charge on any atom is 0.255 e. The number of rotatable bonds is 5. The molecular formula is C22H28N4O3. The first-order chi connectivity index (χ1) is 14.0. The van der Waals surface area contributed by atoms with Crippen LogP contribution in [0.25, 0.3) is 0 Å². The molecule has 7 nitrogen and oxygen atoms in total. The van der Waals surface area contributed by atoms with Crippen LogP contribution in [0.3, 0.4) is 0 Å². The average Bonchev–Trinajstić information content (AvgIpc) is 3.06. The quantitative estimate of drug-likeness (QED) is 0.648. The van der Waals surface area contributed by atoms with E-state index in [9.17, 15) is 14.4 Å². The van der Waals surface area contributed by atoms with Gasteiger partial charge in [-0.1, -0.05) is 18.2 Å². The molecule has 3 saturated heterocycles. The van der Waals surface area contributed by atoms with Gasteiger partial charge in [-0.05, 0) is 48.6 Å². The van der Waals surface area contributed by atoms with Crippen LogP contribution in [-0.4, -0.2) is 47.8 Å². The number of nitrogens with zero attached hydrogens (tertiary/aromatic N) is 1. The number of benzene rings is 1. The molecular weight excluding hydrogens is 368 g/mol. The predicted molar refractivity (Wildman–Crippen MR) is 107 cm³/mol. The van der Waals surface area contributed by atoms with Gasteiger partial charge in [-0.2, -0.15) is 0 Å². The number of hydrogen-bond acceptors (Lipinski definition) is 5. The molecule has 3 amide bonds. The molecule has 4 heterocycles. The van der Waals surface area contributed by atoms with Crippen LogP contribution in [0.4, 0.5) is 0 Å². The van der Waals surface area contributed by atoms with Gasteiger partial charge in [-0.15, -0.1) is 0 Å². The average molecular weight is 396 g/mol. The van der Waals surface area contributed by atoms with Gasteiger partial charge in [0.2, 0.25) is 11.8 Å². The molecule has 29 heavy (non-hydrogen) atoms. The Hall–Kier alpha value is -2.25. The van der Waals surface area contributed by atoms with Gasteiger partial charge in [-0.25, -0.2) is 0 Å².